The third-order valence-electron chi connectivity index (χ3n) is 3.49. The predicted molar refractivity (Wildman–Crippen MR) is 77.8 cm³/mol. The van der Waals surface area contributed by atoms with Crippen LogP contribution in [0, 0.1) is 10.1 Å². The lowest BCUT2D eigenvalue weighted by Gasteiger charge is -2.13. The molecule has 8 heteroatoms. The Morgan fingerprint density at radius 3 is 2.52 bits per heavy atom. The third-order valence-corrected chi connectivity index (χ3v) is 3.49. The first kappa shape index (κ1) is 13.3. The van der Waals surface area contributed by atoms with Gasteiger partial charge in [0.15, 0.2) is 0 Å². The minimum Gasteiger partial charge on any atom is -0.361 e. The van der Waals surface area contributed by atoms with Gasteiger partial charge in [0.05, 0.1) is 4.92 Å². The summed E-state index contributed by atoms with van der Waals surface area (Å²) in [5, 5.41) is 14.2. The molecule has 108 valence electrons. The highest BCUT2D eigenvalue weighted by atomic mass is 16.6. The maximum atomic E-state index is 11.0. The number of benzene rings is 1. The second-order valence-electron chi connectivity index (χ2n) is 4.85. The van der Waals surface area contributed by atoms with Crippen molar-refractivity contribution in [3.05, 3.63) is 51.7 Å². The Morgan fingerprint density at radius 2 is 1.95 bits per heavy atom. The van der Waals surface area contributed by atoms with Gasteiger partial charge in [-0.2, -0.15) is 4.98 Å². The van der Waals surface area contributed by atoms with Gasteiger partial charge in [0, 0.05) is 6.04 Å². The molecule has 1 aromatic carbocycles. The van der Waals surface area contributed by atoms with Crippen LogP contribution in [-0.2, 0) is 12.8 Å². The number of anilines is 2. The molecule has 2 aromatic rings. The Morgan fingerprint density at radius 1 is 1.29 bits per heavy atom. The van der Waals surface area contributed by atoms with Crippen LogP contribution in [0.15, 0.2) is 30.5 Å². The van der Waals surface area contributed by atoms with Gasteiger partial charge < -0.3 is 5.32 Å². The number of nitro groups is 1. The average molecular weight is 286 g/mol. The zero-order valence-corrected chi connectivity index (χ0v) is 11.1. The summed E-state index contributed by atoms with van der Waals surface area (Å²) in [6.07, 6.45) is 2.76. The van der Waals surface area contributed by atoms with Crippen molar-refractivity contribution in [2.75, 3.05) is 10.7 Å². The molecule has 0 saturated carbocycles. The number of nitrogens with zero attached hydrogens (tertiary/aromatic N) is 3. The maximum absolute atomic E-state index is 11.0. The van der Waals surface area contributed by atoms with E-state index in [0.29, 0.717) is 0 Å². The lowest BCUT2D eigenvalue weighted by atomic mass is 10.1. The molecule has 0 aliphatic heterocycles. The quantitative estimate of drug-likeness (QED) is 0.439. The molecule has 0 saturated heterocycles. The third kappa shape index (κ3) is 2.61. The molecule has 0 atom stereocenters. The maximum Gasteiger partial charge on any atom is 0.329 e. The summed E-state index contributed by atoms with van der Waals surface area (Å²) in [6, 6.07) is 8.19. The summed E-state index contributed by atoms with van der Waals surface area (Å²) in [4.78, 5) is 18.3. The molecule has 1 heterocycles. The summed E-state index contributed by atoms with van der Waals surface area (Å²) in [5.74, 6) is 5.57. The number of hydrogen-bond acceptors (Lipinski definition) is 7. The van der Waals surface area contributed by atoms with E-state index in [-0.39, 0.29) is 23.5 Å². The lowest BCUT2D eigenvalue weighted by molar-refractivity contribution is -0.384. The van der Waals surface area contributed by atoms with Crippen molar-refractivity contribution in [3.8, 4) is 0 Å². The molecule has 0 unspecified atom stereocenters. The van der Waals surface area contributed by atoms with Crippen LogP contribution in [0.3, 0.4) is 0 Å². The first-order valence-corrected chi connectivity index (χ1v) is 6.48. The van der Waals surface area contributed by atoms with Crippen LogP contribution >= 0.6 is 0 Å². The Labute approximate surface area is 120 Å². The number of rotatable bonds is 4. The van der Waals surface area contributed by atoms with E-state index in [2.05, 4.69) is 32.8 Å². The molecule has 0 fully saturated rings. The van der Waals surface area contributed by atoms with Gasteiger partial charge in [0.1, 0.15) is 6.20 Å². The fourth-order valence-corrected chi connectivity index (χ4v) is 2.54. The van der Waals surface area contributed by atoms with E-state index in [9.17, 15) is 10.1 Å². The van der Waals surface area contributed by atoms with E-state index in [4.69, 9.17) is 5.84 Å². The average Bonchev–Trinajstić information content (AvgIpc) is 2.89. The van der Waals surface area contributed by atoms with Gasteiger partial charge in [-0.15, -0.1) is 0 Å². The van der Waals surface area contributed by atoms with Gasteiger partial charge in [0.2, 0.25) is 11.8 Å². The number of nitrogens with two attached hydrogens (primary N) is 1. The molecular weight excluding hydrogens is 272 g/mol. The van der Waals surface area contributed by atoms with Crippen molar-refractivity contribution in [3.63, 3.8) is 0 Å². The number of fused-ring (bicyclic) bond motifs is 1. The highest BCUT2D eigenvalue weighted by Gasteiger charge is 2.25. The van der Waals surface area contributed by atoms with Crippen molar-refractivity contribution >= 4 is 17.5 Å². The van der Waals surface area contributed by atoms with Crippen LogP contribution in [0.1, 0.15) is 11.1 Å². The molecule has 8 nitrogen and oxygen atoms in total. The Kier molecular flexibility index (Phi) is 3.36. The number of nitrogen functional groups attached to an aromatic ring is 1. The van der Waals surface area contributed by atoms with E-state index >= 15 is 0 Å². The minimum absolute atomic E-state index is 0.0709. The second-order valence-corrected chi connectivity index (χ2v) is 4.85. The van der Waals surface area contributed by atoms with Gasteiger partial charge in [-0.1, -0.05) is 24.3 Å². The molecule has 4 N–H and O–H groups in total. The van der Waals surface area contributed by atoms with Crippen LogP contribution in [0.4, 0.5) is 17.5 Å². The fraction of sp³-hybridized carbons (Fsp3) is 0.231. The molecule has 0 bridgehead atoms. The van der Waals surface area contributed by atoms with E-state index in [1.54, 1.807) is 0 Å². The highest BCUT2D eigenvalue weighted by molar-refractivity contribution is 5.58. The number of nitrogens with one attached hydrogen (secondary N) is 2. The smallest absolute Gasteiger partial charge is 0.329 e. The largest absolute Gasteiger partial charge is 0.361 e. The normalized spacial score (nSPS) is 13.8. The molecule has 1 aliphatic carbocycles. The van der Waals surface area contributed by atoms with Crippen molar-refractivity contribution in [2.45, 2.75) is 18.9 Å². The molecule has 0 spiro atoms. The van der Waals surface area contributed by atoms with Crippen LogP contribution in [0.25, 0.3) is 0 Å². The number of aromatic nitrogens is 2. The molecule has 0 amide bonds. The molecular formula is C13H14N6O2. The number of hydrazine groups is 1. The van der Waals surface area contributed by atoms with Crippen molar-refractivity contribution in [1.29, 1.82) is 0 Å². The second kappa shape index (κ2) is 5.33. The van der Waals surface area contributed by atoms with Crippen LogP contribution in [-0.4, -0.2) is 20.9 Å². The van der Waals surface area contributed by atoms with Gasteiger partial charge in [-0.25, -0.2) is 10.8 Å². The molecule has 3 rings (SSSR count). The molecule has 1 aliphatic rings. The molecule has 0 radical (unpaired) electrons. The summed E-state index contributed by atoms with van der Waals surface area (Å²) in [5.41, 5.74) is 4.64. The monoisotopic (exact) mass is 286 g/mol. The topological polar surface area (TPSA) is 119 Å². The van der Waals surface area contributed by atoms with E-state index in [1.807, 2.05) is 12.1 Å². The van der Waals surface area contributed by atoms with Gasteiger partial charge in [-0.3, -0.25) is 15.5 Å². The summed E-state index contributed by atoms with van der Waals surface area (Å²) in [7, 11) is 0. The Balaban J connectivity index is 1.84. The van der Waals surface area contributed by atoms with Crippen molar-refractivity contribution in [2.24, 2.45) is 5.84 Å². The minimum atomic E-state index is -0.509. The molecule has 21 heavy (non-hydrogen) atoms. The SMILES string of the molecule is NNc1ncc([N+](=O)[O-])c(NC2Cc3ccccc3C2)n1. The zero-order chi connectivity index (χ0) is 14.8. The van der Waals surface area contributed by atoms with E-state index in [1.165, 1.54) is 11.1 Å². The Bertz CT molecular complexity index is 665. The van der Waals surface area contributed by atoms with Crippen LogP contribution in [0.2, 0.25) is 0 Å². The number of hydrogen-bond donors (Lipinski definition) is 3. The van der Waals surface area contributed by atoms with E-state index < -0.39 is 4.92 Å². The zero-order valence-electron chi connectivity index (χ0n) is 11.1. The van der Waals surface area contributed by atoms with Crippen molar-refractivity contribution in [1.82, 2.24) is 9.97 Å². The summed E-state index contributed by atoms with van der Waals surface area (Å²) in [6.45, 7) is 0. The summed E-state index contributed by atoms with van der Waals surface area (Å²) >= 11 is 0. The first-order chi connectivity index (χ1) is 10.2. The van der Waals surface area contributed by atoms with Crippen molar-refractivity contribution < 1.29 is 4.92 Å². The molecule has 1 aromatic heterocycles. The van der Waals surface area contributed by atoms with Crippen LogP contribution in [0.5, 0.6) is 0 Å². The first-order valence-electron chi connectivity index (χ1n) is 6.48. The van der Waals surface area contributed by atoms with Gasteiger partial charge in [-0.05, 0) is 24.0 Å². The van der Waals surface area contributed by atoms with Gasteiger partial charge in [0.25, 0.3) is 0 Å². The van der Waals surface area contributed by atoms with E-state index in [0.717, 1.165) is 19.0 Å². The van der Waals surface area contributed by atoms with Gasteiger partial charge >= 0.3 is 5.69 Å². The predicted octanol–water partition coefficient (Wildman–Crippen LogP) is 1.25. The highest BCUT2D eigenvalue weighted by Crippen LogP contribution is 2.28. The standard InChI is InChI=1S/C13H14N6O2/c14-18-13-15-7-11(19(20)21)12(17-13)16-10-5-8-3-1-2-4-9(8)6-10/h1-4,7,10H,5-6,14H2,(H2,15,16,17,18). The fourth-order valence-electron chi connectivity index (χ4n) is 2.54. The summed E-state index contributed by atoms with van der Waals surface area (Å²) < 4.78 is 0. The van der Waals surface area contributed by atoms with Crippen LogP contribution < -0.4 is 16.6 Å². The Hall–Kier alpha value is -2.74. The lowest BCUT2D eigenvalue weighted by Crippen LogP contribution is -2.22.